The number of hydrogen-bond donors (Lipinski definition) is 0. The van der Waals surface area contributed by atoms with Crippen LogP contribution >= 0.6 is 31.9 Å². The summed E-state index contributed by atoms with van der Waals surface area (Å²) in [4.78, 5) is 0. The smallest absolute Gasteiger partial charge is 0.175 e. The molecule has 5 heteroatoms. The summed E-state index contributed by atoms with van der Waals surface area (Å²) in [5, 5.41) is 0.721. The van der Waals surface area contributed by atoms with Gasteiger partial charge in [-0.15, -0.1) is 0 Å². The molecule has 0 atom stereocenters. The first-order valence-electron chi connectivity index (χ1n) is 6.53. The first-order valence-corrected chi connectivity index (χ1v) is 8.44. The molecule has 0 N–H and O–H groups in total. The molecule has 0 aliphatic carbocycles. The van der Waals surface area contributed by atoms with Crippen LogP contribution < -0.4 is 9.47 Å². The monoisotopic (exact) mass is 416 g/mol. The van der Waals surface area contributed by atoms with Gasteiger partial charge >= 0.3 is 0 Å². The molecule has 0 spiro atoms. The van der Waals surface area contributed by atoms with Crippen LogP contribution in [0.2, 0.25) is 0 Å². The van der Waals surface area contributed by atoms with Crippen molar-refractivity contribution in [2.24, 2.45) is 0 Å². The standard InChI is InChI=1S/C16H15Br2FO2/c1-2-20-15-8-11(9-17)7-13(18)16(15)21-10-12-5-3-4-6-14(12)19/h3-8H,2,9-10H2,1H3. The third-order valence-corrected chi connectivity index (χ3v) is 4.09. The van der Waals surface area contributed by atoms with Gasteiger partial charge in [0.2, 0.25) is 0 Å². The van der Waals surface area contributed by atoms with Gasteiger partial charge in [-0.05, 0) is 46.6 Å². The van der Waals surface area contributed by atoms with Crippen LogP contribution in [0.5, 0.6) is 11.5 Å². The number of rotatable bonds is 6. The number of ether oxygens (including phenoxy) is 2. The second-order valence-electron chi connectivity index (χ2n) is 4.35. The Balaban J connectivity index is 2.24. The average molecular weight is 418 g/mol. The lowest BCUT2D eigenvalue weighted by atomic mass is 10.2. The Kier molecular flexibility index (Phi) is 6.06. The zero-order valence-corrected chi connectivity index (χ0v) is 14.7. The minimum Gasteiger partial charge on any atom is -0.490 e. The summed E-state index contributed by atoms with van der Waals surface area (Å²) < 4.78 is 25.8. The van der Waals surface area contributed by atoms with Crippen LogP contribution in [0, 0.1) is 5.82 Å². The molecular formula is C16H15Br2FO2. The van der Waals surface area contributed by atoms with Gasteiger partial charge in [0.05, 0.1) is 11.1 Å². The minimum atomic E-state index is -0.274. The van der Waals surface area contributed by atoms with E-state index in [2.05, 4.69) is 31.9 Å². The fourth-order valence-corrected chi connectivity index (χ4v) is 2.79. The van der Waals surface area contributed by atoms with E-state index in [-0.39, 0.29) is 12.4 Å². The van der Waals surface area contributed by atoms with Crippen LogP contribution in [0.4, 0.5) is 4.39 Å². The van der Waals surface area contributed by atoms with Crippen LogP contribution in [0.3, 0.4) is 0 Å². The van der Waals surface area contributed by atoms with E-state index in [1.165, 1.54) is 6.07 Å². The zero-order valence-electron chi connectivity index (χ0n) is 11.5. The maximum Gasteiger partial charge on any atom is 0.175 e. The summed E-state index contributed by atoms with van der Waals surface area (Å²) in [6.07, 6.45) is 0. The van der Waals surface area contributed by atoms with E-state index in [4.69, 9.17) is 9.47 Å². The summed E-state index contributed by atoms with van der Waals surface area (Å²) in [5.74, 6) is 0.964. The van der Waals surface area contributed by atoms with Crippen molar-refractivity contribution in [2.75, 3.05) is 6.61 Å². The molecule has 0 heterocycles. The largest absolute Gasteiger partial charge is 0.490 e. The molecule has 112 valence electrons. The Bertz CT molecular complexity index is 617. The topological polar surface area (TPSA) is 18.5 Å². The molecule has 0 radical (unpaired) electrons. The molecule has 2 rings (SSSR count). The molecule has 0 aromatic heterocycles. The Morgan fingerprint density at radius 1 is 1.14 bits per heavy atom. The van der Waals surface area contributed by atoms with Crippen molar-refractivity contribution < 1.29 is 13.9 Å². The molecular weight excluding hydrogens is 403 g/mol. The van der Waals surface area contributed by atoms with Crippen molar-refractivity contribution in [3.8, 4) is 11.5 Å². The highest BCUT2D eigenvalue weighted by atomic mass is 79.9. The molecule has 0 fully saturated rings. The average Bonchev–Trinajstić information content (AvgIpc) is 2.48. The highest BCUT2D eigenvalue weighted by molar-refractivity contribution is 9.10. The molecule has 21 heavy (non-hydrogen) atoms. The van der Waals surface area contributed by atoms with Gasteiger partial charge in [0.25, 0.3) is 0 Å². The summed E-state index contributed by atoms with van der Waals surface area (Å²) in [7, 11) is 0. The lowest BCUT2D eigenvalue weighted by Gasteiger charge is -2.15. The van der Waals surface area contributed by atoms with Crippen LogP contribution in [0.1, 0.15) is 18.1 Å². The predicted octanol–water partition coefficient (Wildman–Crippen LogP) is 5.46. The zero-order chi connectivity index (χ0) is 15.2. The fraction of sp³-hybridized carbons (Fsp3) is 0.250. The van der Waals surface area contributed by atoms with Gasteiger partial charge < -0.3 is 9.47 Å². The van der Waals surface area contributed by atoms with Crippen molar-refractivity contribution >= 4 is 31.9 Å². The van der Waals surface area contributed by atoms with Gasteiger partial charge in [-0.1, -0.05) is 34.1 Å². The Morgan fingerprint density at radius 2 is 1.90 bits per heavy atom. The lowest BCUT2D eigenvalue weighted by Crippen LogP contribution is -2.02. The normalized spacial score (nSPS) is 10.5. The van der Waals surface area contributed by atoms with E-state index >= 15 is 0 Å². The lowest BCUT2D eigenvalue weighted by molar-refractivity contribution is 0.264. The first-order chi connectivity index (χ1) is 10.2. The summed E-state index contributed by atoms with van der Waals surface area (Å²) in [6, 6.07) is 10.4. The molecule has 0 saturated carbocycles. The van der Waals surface area contributed by atoms with Gasteiger partial charge in [-0.3, -0.25) is 0 Å². The third-order valence-electron chi connectivity index (χ3n) is 2.85. The van der Waals surface area contributed by atoms with Crippen molar-refractivity contribution in [3.63, 3.8) is 0 Å². The molecule has 0 aliphatic rings. The SMILES string of the molecule is CCOc1cc(CBr)cc(Br)c1OCc1ccccc1F. The van der Waals surface area contributed by atoms with E-state index < -0.39 is 0 Å². The number of benzene rings is 2. The van der Waals surface area contributed by atoms with Gasteiger partial charge in [0, 0.05) is 10.9 Å². The molecule has 0 unspecified atom stereocenters. The highest BCUT2D eigenvalue weighted by Gasteiger charge is 2.13. The fourth-order valence-electron chi connectivity index (χ4n) is 1.87. The van der Waals surface area contributed by atoms with E-state index in [1.54, 1.807) is 18.2 Å². The Hall–Kier alpha value is -1.07. The van der Waals surface area contributed by atoms with Crippen LogP contribution in [-0.2, 0) is 11.9 Å². The van der Waals surface area contributed by atoms with Crippen molar-refractivity contribution in [1.29, 1.82) is 0 Å². The second kappa shape index (κ2) is 7.80. The highest BCUT2D eigenvalue weighted by Crippen LogP contribution is 2.38. The molecule has 2 aromatic carbocycles. The van der Waals surface area contributed by atoms with Gasteiger partial charge in [0.15, 0.2) is 11.5 Å². The van der Waals surface area contributed by atoms with Gasteiger partial charge in [-0.2, -0.15) is 0 Å². The minimum absolute atomic E-state index is 0.152. The predicted molar refractivity (Wildman–Crippen MR) is 88.7 cm³/mol. The second-order valence-corrected chi connectivity index (χ2v) is 5.77. The van der Waals surface area contributed by atoms with Crippen molar-refractivity contribution in [2.45, 2.75) is 18.9 Å². The molecule has 2 nitrogen and oxygen atoms in total. The molecule has 0 saturated heterocycles. The number of halogens is 3. The van der Waals surface area contributed by atoms with E-state index in [0.29, 0.717) is 23.7 Å². The van der Waals surface area contributed by atoms with E-state index in [0.717, 1.165) is 15.4 Å². The Labute approximate surface area is 140 Å². The summed E-state index contributed by atoms with van der Waals surface area (Å²) in [5.41, 5.74) is 1.58. The van der Waals surface area contributed by atoms with E-state index in [1.807, 2.05) is 19.1 Å². The maximum atomic E-state index is 13.6. The molecule has 0 aliphatic heterocycles. The molecule has 0 amide bonds. The van der Waals surface area contributed by atoms with Gasteiger partial charge in [-0.25, -0.2) is 4.39 Å². The summed E-state index contributed by atoms with van der Waals surface area (Å²) >= 11 is 6.90. The quantitative estimate of drug-likeness (QED) is 0.581. The molecule has 2 aromatic rings. The molecule has 0 bridgehead atoms. The first kappa shape index (κ1) is 16.3. The number of hydrogen-bond acceptors (Lipinski definition) is 2. The van der Waals surface area contributed by atoms with Crippen LogP contribution in [0.25, 0.3) is 0 Å². The van der Waals surface area contributed by atoms with Crippen molar-refractivity contribution in [3.05, 3.63) is 57.8 Å². The number of alkyl halides is 1. The summed E-state index contributed by atoms with van der Waals surface area (Å²) in [6.45, 7) is 2.60. The van der Waals surface area contributed by atoms with E-state index in [9.17, 15) is 4.39 Å². The van der Waals surface area contributed by atoms with Crippen LogP contribution in [-0.4, -0.2) is 6.61 Å². The third kappa shape index (κ3) is 4.20. The maximum absolute atomic E-state index is 13.6. The van der Waals surface area contributed by atoms with Crippen LogP contribution in [0.15, 0.2) is 40.9 Å². The van der Waals surface area contributed by atoms with Crippen molar-refractivity contribution in [1.82, 2.24) is 0 Å². The Morgan fingerprint density at radius 3 is 2.57 bits per heavy atom. The van der Waals surface area contributed by atoms with Gasteiger partial charge in [0.1, 0.15) is 12.4 Å².